The number of hydrogen-bond donors (Lipinski definition) is 1. The lowest BCUT2D eigenvalue weighted by Crippen LogP contribution is -2.48. The van der Waals surface area contributed by atoms with Crippen LogP contribution in [0.1, 0.15) is 29.3 Å². The van der Waals surface area contributed by atoms with Gasteiger partial charge in [-0.1, -0.05) is 30.3 Å². The Bertz CT molecular complexity index is 1330. The number of piperazine rings is 1. The summed E-state index contributed by atoms with van der Waals surface area (Å²) in [6.45, 7) is 6.64. The third-order valence-corrected chi connectivity index (χ3v) is 6.76. The number of aromatic nitrogens is 1. The van der Waals surface area contributed by atoms with Crippen LogP contribution in [0.3, 0.4) is 0 Å². The van der Waals surface area contributed by atoms with Gasteiger partial charge in [-0.05, 0) is 18.6 Å². The molecular weight excluding hydrogens is 460 g/mol. The average molecular weight is 491 g/mol. The van der Waals surface area contributed by atoms with Gasteiger partial charge in [-0.15, -0.1) is 0 Å². The molecule has 2 aliphatic rings. The number of carbonyl (C=O) groups excluding carboxylic acids is 2. The molecule has 1 aromatic heterocycles. The maximum absolute atomic E-state index is 13.1. The first kappa shape index (κ1) is 23.9. The van der Waals surface area contributed by atoms with Crippen LogP contribution < -0.4 is 20.2 Å². The molecule has 2 amide bonds. The summed E-state index contributed by atoms with van der Waals surface area (Å²) in [6.07, 6.45) is 1.76. The molecule has 1 saturated heterocycles. The van der Waals surface area contributed by atoms with Gasteiger partial charge in [0.1, 0.15) is 5.56 Å². The maximum Gasteiger partial charge on any atom is 0.256 e. The van der Waals surface area contributed by atoms with Crippen molar-refractivity contribution in [3.63, 3.8) is 0 Å². The Hall–Kier alpha value is -3.85. The molecule has 0 radical (unpaired) electrons. The number of hydrogen-bond acceptors (Lipinski definition) is 6. The largest absolute Gasteiger partial charge is 0.454 e. The van der Waals surface area contributed by atoms with E-state index in [1.54, 1.807) is 18.3 Å². The number of nitrogens with one attached hydrogen (secondary N) is 1. The summed E-state index contributed by atoms with van der Waals surface area (Å²) in [7, 11) is 0. The number of aryl methyl sites for hydroxylation is 1. The van der Waals surface area contributed by atoms with E-state index in [9.17, 15) is 14.4 Å². The van der Waals surface area contributed by atoms with Crippen molar-refractivity contribution in [2.45, 2.75) is 26.4 Å². The summed E-state index contributed by atoms with van der Waals surface area (Å²) in [5.74, 6) is 0.601. The number of carbonyl (C=O) groups is 2. The third-order valence-electron chi connectivity index (χ3n) is 6.76. The second-order valence-electron chi connectivity index (χ2n) is 9.03. The van der Waals surface area contributed by atoms with E-state index in [-0.39, 0.29) is 36.7 Å². The molecule has 2 aromatic carbocycles. The lowest BCUT2D eigenvalue weighted by atomic mass is 10.1. The van der Waals surface area contributed by atoms with Crippen LogP contribution in [0.25, 0.3) is 10.9 Å². The van der Waals surface area contributed by atoms with Crippen LogP contribution in [0.2, 0.25) is 0 Å². The Kier molecular flexibility index (Phi) is 6.90. The highest BCUT2D eigenvalue weighted by atomic mass is 16.7. The van der Waals surface area contributed by atoms with E-state index in [2.05, 4.69) is 22.3 Å². The van der Waals surface area contributed by atoms with E-state index in [0.29, 0.717) is 42.0 Å². The second-order valence-corrected chi connectivity index (χ2v) is 9.03. The molecule has 0 aliphatic carbocycles. The minimum atomic E-state index is -0.484. The molecule has 9 heteroatoms. The number of nitrogens with zero attached hydrogens (tertiary/aromatic N) is 3. The Morgan fingerprint density at radius 1 is 1.00 bits per heavy atom. The molecule has 188 valence electrons. The van der Waals surface area contributed by atoms with Crippen LogP contribution in [0.15, 0.2) is 53.5 Å². The van der Waals surface area contributed by atoms with Gasteiger partial charge >= 0.3 is 0 Å². The Labute approximate surface area is 209 Å². The van der Waals surface area contributed by atoms with Gasteiger partial charge < -0.3 is 24.3 Å². The van der Waals surface area contributed by atoms with Crippen molar-refractivity contribution in [3.05, 3.63) is 70.0 Å². The molecule has 0 saturated carbocycles. The van der Waals surface area contributed by atoms with Crippen molar-refractivity contribution in [3.8, 4) is 11.5 Å². The third kappa shape index (κ3) is 4.92. The lowest BCUT2D eigenvalue weighted by molar-refractivity contribution is -0.132. The van der Waals surface area contributed by atoms with Crippen LogP contribution in [0.5, 0.6) is 11.5 Å². The average Bonchev–Trinajstić information content (AvgIpc) is 3.36. The molecule has 3 heterocycles. The highest BCUT2D eigenvalue weighted by molar-refractivity contribution is 5.98. The number of pyridine rings is 1. The fourth-order valence-electron chi connectivity index (χ4n) is 4.74. The van der Waals surface area contributed by atoms with Gasteiger partial charge in [0.25, 0.3) is 5.91 Å². The highest BCUT2D eigenvalue weighted by Gasteiger charge is 2.23. The van der Waals surface area contributed by atoms with Crippen LogP contribution in [-0.2, 0) is 17.9 Å². The predicted octanol–water partition coefficient (Wildman–Crippen LogP) is 2.21. The molecule has 1 N–H and O–H groups in total. The van der Waals surface area contributed by atoms with Crippen molar-refractivity contribution in [1.82, 2.24) is 19.7 Å². The van der Waals surface area contributed by atoms with Crippen LogP contribution in [0.4, 0.5) is 0 Å². The van der Waals surface area contributed by atoms with Gasteiger partial charge in [0.2, 0.25) is 18.1 Å². The van der Waals surface area contributed by atoms with E-state index in [4.69, 9.17) is 9.47 Å². The zero-order chi connectivity index (χ0) is 25.1. The first-order valence-electron chi connectivity index (χ1n) is 12.3. The highest BCUT2D eigenvalue weighted by Crippen LogP contribution is 2.35. The number of fused-ring (bicyclic) bond motifs is 2. The van der Waals surface area contributed by atoms with Crippen molar-refractivity contribution >= 4 is 22.7 Å². The summed E-state index contributed by atoms with van der Waals surface area (Å²) in [5, 5.41) is 3.15. The summed E-state index contributed by atoms with van der Waals surface area (Å²) in [5.41, 5.74) is 1.63. The van der Waals surface area contributed by atoms with Crippen molar-refractivity contribution in [2.75, 3.05) is 39.5 Å². The predicted molar refractivity (Wildman–Crippen MR) is 135 cm³/mol. The molecular formula is C27H30N4O5. The molecule has 9 nitrogen and oxygen atoms in total. The normalized spacial score (nSPS) is 15.3. The molecule has 0 bridgehead atoms. The fraction of sp³-hybridized carbons (Fsp3) is 0.370. The smallest absolute Gasteiger partial charge is 0.256 e. The summed E-state index contributed by atoms with van der Waals surface area (Å²) in [4.78, 5) is 42.8. The molecule has 0 unspecified atom stereocenters. The number of rotatable bonds is 7. The van der Waals surface area contributed by atoms with Crippen LogP contribution >= 0.6 is 0 Å². The lowest BCUT2D eigenvalue weighted by Gasteiger charge is -2.34. The maximum atomic E-state index is 13.1. The van der Waals surface area contributed by atoms with E-state index >= 15 is 0 Å². The van der Waals surface area contributed by atoms with Crippen molar-refractivity contribution in [1.29, 1.82) is 0 Å². The summed E-state index contributed by atoms with van der Waals surface area (Å²) >= 11 is 0. The number of amides is 2. The zero-order valence-corrected chi connectivity index (χ0v) is 20.4. The molecule has 2 aliphatic heterocycles. The molecule has 0 atom stereocenters. The van der Waals surface area contributed by atoms with Gasteiger partial charge in [-0.25, -0.2) is 0 Å². The summed E-state index contributed by atoms with van der Waals surface area (Å²) < 4.78 is 12.7. The van der Waals surface area contributed by atoms with Gasteiger partial charge in [0.05, 0.1) is 10.9 Å². The summed E-state index contributed by atoms with van der Waals surface area (Å²) in [6, 6.07) is 13.7. The first-order valence-corrected chi connectivity index (χ1v) is 12.3. The Morgan fingerprint density at radius 3 is 2.44 bits per heavy atom. The van der Waals surface area contributed by atoms with E-state index < -0.39 is 5.91 Å². The quantitative estimate of drug-likeness (QED) is 0.546. The van der Waals surface area contributed by atoms with Gasteiger partial charge in [-0.3, -0.25) is 19.3 Å². The van der Waals surface area contributed by atoms with Crippen LogP contribution in [0, 0.1) is 0 Å². The SMILES string of the molecule is CCn1cc(C(=O)NCCC(=O)N2CCN(Cc3ccccc3)CC2)c(=O)c2cc3c(cc21)OCO3. The minimum absolute atomic E-state index is 0.00635. The first-order chi connectivity index (χ1) is 17.5. The van der Waals surface area contributed by atoms with Gasteiger partial charge in [0, 0.05) is 64.5 Å². The molecule has 1 fully saturated rings. The van der Waals surface area contributed by atoms with Crippen molar-refractivity contribution in [2.24, 2.45) is 0 Å². The fourth-order valence-corrected chi connectivity index (χ4v) is 4.74. The molecule has 3 aromatic rings. The van der Waals surface area contributed by atoms with Gasteiger partial charge in [0.15, 0.2) is 11.5 Å². The van der Waals surface area contributed by atoms with E-state index in [1.807, 2.05) is 34.6 Å². The number of ether oxygens (including phenoxy) is 2. The van der Waals surface area contributed by atoms with Gasteiger partial charge in [-0.2, -0.15) is 0 Å². The van der Waals surface area contributed by atoms with E-state index in [0.717, 1.165) is 19.6 Å². The second kappa shape index (κ2) is 10.4. The van der Waals surface area contributed by atoms with Crippen LogP contribution in [-0.4, -0.2) is 65.7 Å². The monoisotopic (exact) mass is 490 g/mol. The molecule has 36 heavy (non-hydrogen) atoms. The van der Waals surface area contributed by atoms with E-state index in [1.165, 1.54) is 5.56 Å². The van der Waals surface area contributed by atoms with Crippen molar-refractivity contribution < 1.29 is 19.1 Å². The standard InChI is InChI=1S/C27H30N4O5/c1-2-30-17-21(26(33)20-14-23-24(15-22(20)30)36-18-35-23)27(34)28-9-8-25(32)31-12-10-29(11-13-31)16-19-6-4-3-5-7-19/h3-7,14-15,17H,2,8-13,16,18H2,1H3,(H,28,34). The molecule has 0 spiro atoms. The minimum Gasteiger partial charge on any atom is -0.454 e. The molecule has 5 rings (SSSR count). The Balaban J connectivity index is 1.17. The Morgan fingerprint density at radius 2 is 1.72 bits per heavy atom. The topological polar surface area (TPSA) is 93.1 Å². The number of benzene rings is 2. The zero-order valence-electron chi connectivity index (χ0n) is 20.4.